The molecule has 0 radical (unpaired) electrons. The van der Waals surface area contributed by atoms with Crippen LogP contribution in [0.5, 0.6) is 0 Å². The summed E-state index contributed by atoms with van der Waals surface area (Å²) < 4.78 is 43.2. The van der Waals surface area contributed by atoms with Gasteiger partial charge in [0.05, 0.1) is 26.0 Å². The van der Waals surface area contributed by atoms with Gasteiger partial charge in [-0.15, -0.1) is 0 Å². The molecule has 0 spiro atoms. The van der Waals surface area contributed by atoms with Gasteiger partial charge in [0.15, 0.2) is 0 Å². The highest BCUT2D eigenvalue weighted by Gasteiger charge is 2.20. The fourth-order valence-corrected chi connectivity index (χ4v) is 3.44. The number of ether oxygens (including phenoxy) is 1. The maximum absolute atomic E-state index is 12.9. The lowest BCUT2D eigenvalue weighted by Crippen LogP contribution is -2.45. The molecule has 2 rings (SSSR count). The Hall–Kier alpha value is -1.55. The van der Waals surface area contributed by atoms with E-state index in [4.69, 9.17) is 4.74 Å². The highest BCUT2D eigenvalue weighted by Crippen LogP contribution is 2.06. The van der Waals surface area contributed by atoms with Gasteiger partial charge in [0.2, 0.25) is 15.9 Å². The molecule has 146 valence electrons. The van der Waals surface area contributed by atoms with Gasteiger partial charge in [-0.25, -0.2) is 12.8 Å². The van der Waals surface area contributed by atoms with Gasteiger partial charge in [-0.3, -0.25) is 9.69 Å². The molecular weight excluding hydrogens is 361 g/mol. The summed E-state index contributed by atoms with van der Waals surface area (Å²) in [7, 11) is -3.51. The van der Waals surface area contributed by atoms with Gasteiger partial charge in [-0.1, -0.05) is 12.1 Å². The number of halogens is 1. The number of carbonyl (C=O) groups excluding carboxylic acids is 1. The van der Waals surface area contributed by atoms with E-state index in [0.29, 0.717) is 32.7 Å². The third kappa shape index (κ3) is 7.36. The van der Waals surface area contributed by atoms with Crippen LogP contribution in [0.1, 0.15) is 5.56 Å². The zero-order chi connectivity index (χ0) is 19.0. The Morgan fingerprint density at radius 1 is 1.27 bits per heavy atom. The quantitative estimate of drug-likeness (QED) is 0.649. The Morgan fingerprint density at radius 3 is 2.54 bits per heavy atom. The molecule has 1 fully saturated rings. The van der Waals surface area contributed by atoms with Gasteiger partial charge in [0, 0.05) is 32.7 Å². The van der Waals surface area contributed by atoms with Crippen molar-refractivity contribution in [2.45, 2.75) is 6.42 Å². The molecule has 1 amide bonds. The van der Waals surface area contributed by atoms with Crippen LogP contribution in [-0.2, 0) is 26.0 Å². The smallest absolute Gasteiger partial charge is 0.235 e. The monoisotopic (exact) mass is 387 g/mol. The molecule has 9 heteroatoms. The van der Waals surface area contributed by atoms with Gasteiger partial charge in [0.1, 0.15) is 5.82 Å². The van der Waals surface area contributed by atoms with Crippen LogP contribution in [0.3, 0.4) is 0 Å². The predicted molar refractivity (Wildman–Crippen MR) is 96.8 cm³/mol. The summed E-state index contributed by atoms with van der Waals surface area (Å²) in [5.74, 6) is -0.670. The van der Waals surface area contributed by atoms with Crippen LogP contribution in [0, 0.1) is 5.82 Å². The van der Waals surface area contributed by atoms with E-state index in [0.717, 1.165) is 29.2 Å². The second kappa shape index (κ2) is 9.96. The standard InChI is InChI=1S/C17H26FN3O4S/c1-26(23,24)21(8-6-15-2-4-16(18)5-3-15)14-17(22)19-7-9-20-10-12-25-13-11-20/h2-5H,6-14H2,1H3,(H,19,22). The largest absolute Gasteiger partial charge is 0.379 e. The SMILES string of the molecule is CS(=O)(=O)N(CCc1ccc(F)cc1)CC(=O)NCCN1CCOCC1. The first-order valence-corrected chi connectivity index (χ1v) is 10.5. The average Bonchev–Trinajstić information content (AvgIpc) is 2.60. The van der Waals surface area contributed by atoms with Crippen molar-refractivity contribution < 1.29 is 22.3 Å². The average molecular weight is 387 g/mol. The van der Waals surface area contributed by atoms with E-state index in [1.54, 1.807) is 12.1 Å². The van der Waals surface area contributed by atoms with Crippen LogP contribution in [-0.4, -0.2) is 82.3 Å². The zero-order valence-corrected chi connectivity index (χ0v) is 15.8. The van der Waals surface area contributed by atoms with Crippen molar-refractivity contribution in [2.75, 3.05) is 58.7 Å². The van der Waals surface area contributed by atoms with E-state index in [2.05, 4.69) is 10.2 Å². The number of benzene rings is 1. The van der Waals surface area contributed by atoms with Crippen molar-refractivity contribution in [1.82, 2.24) is 14.5 Å². The lowest BCUT2D eigenvalue weighted by atomic mass is 10.1. The Labute approximate surface area is 154 Å². The lowest BCUT2D eigenvalue weighted by molar-refractivity contribution is -0.121. The van der Waals surface area contributed by atoms with Gasteiger partial charge < -0.3 is 10.1 Å². The minimum absolute atomic E-state index is 0.168. The van der Waals surface area contributed by atoms with Crippen LogP contribution in [0.15, 0.2) is 24.3 Å². The summed E-state index contributed by atoms with van der Waals surface area (Å²) in [6, 6.07) is 5.88. The number of hydrogen-bond donors (Lipinski definition) is 1. The molecule has 1 heterocycles. The fraction of sp³-hybridized carbons (Fsp3) is 0.588. The van der Waals surface area contributed by atoms with Crippen LogP contribution in [0.2, 0.25) is 0 Å². The molecule has 1 aromatic rings. The summed E-state index contributed by atoms with van der Waals surface area (Å²) in [6.07, 6.45) is 1.49. The normalized spacial score (nSPS) is 16.0. The molecule has 0 unspecified atom stereocenters. The highest BCUT2D eigenvalue weighted by atomic mass is 32.2. The topological polar surface area (TPSA) is 79.0 Å². The predicted octanol–water partition coefficient (Wildman–Crippen LogP) is 0.0782. The number of rotatable bonds is 9. The summed E-state index contributed by atoms with van der Waals surface area (Å²) in [5.41, 5.74) is 0.813. The first-order valence-electron chi connectivity index (χ1n) is 8.61. The van der Waals surface area contributed by atoms with Crippen molar-refractivity contribution in [3.63, 3.8) is 0 Å². The van der Waals surface area contributed by atoms with Crippen LogP contribution in [0.4, 0.5) is 4.39 Å². The molecule has 1 aromatic carbocycles. The highest BCUT2D eigenvalue weighted by molar-refractivity contribution is 7.88. The van der Waals surface area contributed by atoms with Crippen LogP contribution in [0.25, 0.3) is 0 Å². The van der Waals surface area contributed by atoms with Crippen molar-refractivity contribution >= 4 is 15.9 Å². The van der Waals surface area contributed by atoms with E-state index in [1.165, 1.54) is 12.1 Å². The fourth-order valence-electron chi connectivity index (χ4n) is 2.66. The number of hydrogen-bond acceptors (Lipinski definition) is 5. The molecular formula is C17H26FN3O4S. The van der Waals surface area contributed by atoms with E-state index in [-0.39, 0.29) is 24.8 Å². The Kier molecular flexibility index (Phi) is 7.95. The number of nitrogens with one attached hydrogen (secondary N) is 1. The molecule has 1 N–H and O–H groups in total. The summed E-state index contributed by atoms with van der Waals surface area (Å²) >= 11 is 0. The third-order valence-corrected chi connectivity index (χ3v) is 5.46. The minimum atomic E-state index is -3.51. The van der Waals surface area contributed by atoms with Crippen molar-refractivity contribution in [2.24, 2.45) is 0 Å². The van der Waals surface area contributed by atoms with E-state index >= 15 is 0 Å². The number of morpholine rings is 1. The maximum Gasteiger partial charge on any atom is 0.235 e. The molecule has 0 aromatic heterocycles. The molecule has 1 aliphatic rings. The minimum Gasteiger partial charge on any atom is -0.379 e. The van der Waals surface area contributed by atoms with Gasteiger partial charge in [0.25, 0.3) is 0 Å². The number of nitrogens with zero attached hydrogens (tertiary/aromatic N) is 2. The van der Waals surface area contributed by atoms with Gasteiger partial charge in [-0.2, -0.15) is 4.31 Å². The molecule has 0 atom stereocenters. The maximum atomic E-state index is 12.9. The Bertz CT molecular complexity index is 676. The number of carbonyl (C=O) groups is 1. The van der Waals surface area contributed by atoms with Crippen LogP contribution >= 0.6 is 0 Å². The van der Waals surface area contributed by atoms with Gasteiger partial charge >= 0.3 is 0 Å². The summed E-state index contributed by atoms with van der Waals surface area (Å²) in [4.78, 5) is 14.3. The second-order valence-corrected chi connectivity index (χ2v) is 8.26. The number of amides is 1. The lowest BCUT2D eigenvalue weighted by Gasteiger charge is -2.26. The molecule has 1 aliphatic heterocycles. The Morgan fingerprint density at radius 2 is 1.92 bits per heavy atom. The van der Waals surface area contributed by atoms with E-state index in [1.807, 2.05) is 0 Å². The first kappa shape index (κ1) is 20.8. The van der Waals surface area contributed by atoms with Crippen molar-refractivity contribution in [1.29, 1.82) is 0 Å². The van der Waals surface area contributed by atoms with Crippen LogP contribution < -0.4 is 5.32 Å². The molecule has 0 bridgehead atoms. The zero-order valence-electron chi connectivity index (χ0n) is 15.0. The summed E-state index contributed by atoms with van der Waals surface area (Å²) in [6.45, 7) is 4.19. The first-order chi connectivity index (χ1) is 12.3. The third-order valence-electron chi connectivity index (χ3n) is 4.21. The summed E-state index contributed by atoms with van der Waals surface area (Å²) in [5, 5.41) is 2.76. The van der Waals surface area contributed by atoms with E-state index in [9.17, 15) is 17.6 Å². The molecule has 1 saturated heterocycles. The molecule has 26 heavy (non-hydrogen) atoms. The van der Waals surface area contributed by atoms with Crippen molar-refractivity contribution in [3.8, 4) is 0 Å². The second-order valence-electron chi connectivity index (χ2n) is 6.28. The molecule has 0 aliphatic carbocycles. The van der Waals surface area contributed by atoms with E-state index < -0.39 is 10.0 Å². The van der Waals surface area contributed by atoms with Crippen molar-refractivity contribution in [3.05, 3.63) is 35.6 Å². The molecule has 7 nitrogen and oxygen atoms in total. The van der Waals surface area contributed by atoms with Gasteiger partial charge in [-0.05, 0) is 24.1 Å². The number of sulfonamides is 1. The Balaban J connectivity index is 1.78. The molecule has 0 saturated carbocycles.